The Bertz CT molecular complexity index is 304. The lowest BCUT2D eigenvalue weighted by molar-refractivity contribution is 0.296. The summed E-state index contributed by atoms with van der Waals surface area (Å²) in [5.74, 6) is 0. The molecular formula is C10H16N2O. The minimum atomic E-state index is 0.228. The van der Waals surface area contributed by atoms with Crippen molar-refractivity contribution >= 4 is 0 Å². The van der Waals surface area contributed by atoms with Crippen molar-refractivity contribution < 1.29 is 5.11 Å². The number of hydrogen-bond acceptors (Lipinski definition) is 2. The summed E-state index contributed by atoms with van der Waals surface area (Å²) in [6, 6.07) is 0. The predicted molar refractivity (Wildman–Crippen MR) is 50.6 cm³/mol. The Balaban J connectivity index is 2.36. The molecule has 0 aromatic carbocycles. The number of aliphatic hydroxyl groups excluding tert-OH is 1. The highest BCUT2D eigenvalue weighted by Crippen LogP contribution is 2.23. The summed E-state index contributed by atoms with van der Waals surface area (Å²) in [6.45, 7) is 0.228. The van der Waals surface area contributed by atoms with E-state index in [1.165, 1.54) is 29.8 Å². The van der Waals surface area contributed by atoms with Crippen molar-refractivity contribution in [1.82, 2.24) is 9.78 Å². The van der Waals surface area contributed by atoms with E-state index >= 15 is 0 Å². The van der Waals surface area contributed by atoms with Gasteiger partial charge in [0.15, 0.2) is 0 Å². The Kier molecular flexibility index (Phi) is 2.36. The number of fused-ring (bicyclic) bond motifs is 1. The fraction of sp³-hybridized carbons (Fsp3) is 0.700. The molecule has 0 amide bonds. The van der Waals surface area contributed by atoms with Gasteiger partial charge in [0, 0.05) is 25.8 Å². The van der Waals surface area contributed by atoms with Crippen LogP contribution in [-0.4, -0.2) is 21.5 Å². The second kappa shape index (κ2) is 3.50. The zero-order valence-corrected chi connectivity index (χ0v) is 8.08. The largest absolute Gasteiger partial charge is 0.396 e. The highest BCUT2D eigenvalue weighted by molar-refractivity contribution is 5.28. The Labute approximate surface area is 78.4 Å². The van der Waals surface area contributed by atoms with Gasteiger partial charge in [0.1, 0.15) is 0 Å². The number of aliphatic hydroxyl groups is 1. The van der Waals surface area contributed by atoms with Gasteiger partial charge >= 0.3 is 0 Å². The lowest BCUT2D eigenvalue weighted by Crippen LogP contribution is -2.05. The van der Waals surface area contributed by atoms with Crippen LogP contribution in [0.15, 0.2) is 0 Å². The zero-order chi connectivity index (χ0) is 9.26. The van der Waals surface area contributed by atoms with Crippen LogP contribution in [0.3, 0.4) is 0 Å². The number of nitrogens with zero attached hydrogens (tertiary/aromatic N) is 2. The first kappa shape index (κ1) is 8.75. The highest BCUT2D eigenvalue weighted by Gasteiger charge is 2.18. The summed E-state index contributed by atoms with van der Waals surface area (Å²) in [5, 5.41) is 13.4. The molecule has 0 aliphatic heterocycles. The second-order valence-corrected chi connectivity index (χ2v) is 3.68. The molecule has 2 rings (SSSR count). The molecule has 13 heavy (non-hydrogen) atoms. The van der Waals surface area contributed by atoms with Crippen LogP contribution in [0.25, 0.3) is 0 Å². The summed E-state index contributed by atoms with van der Waals surface area (Å²) >= 11 is 0. The van der Waals surface area contributed by atoms with E-state index in [1.807, 2.05) is 11.7 Å². The zero-order valence-electron chi connectivity index (χ0n) is 8.08. The molecule has 3 nitrogen and oxygen atoms in total. The van der Waals surface area contributed by atoms with Crippen LogP contribution in [0.4, 0.5) is 0 Å². The van der Waals surface area contributed by atoms with Crippen molar-refractivity contribution in [3.8, 4) is 0 Å². The van der Waals surface area contributed by atoms with Crippen LogP contribution in [-0.2, 0) is 26.3 Å². The molecule has 0 fully saturated rings. The number of hydrogen-bond donors (Lipinski definition) is 1. The first-order valence-electron chi connectivity index (χ1n) is 4.97. The maximum atomic E-state index is 8.92. The third-order valence-electron chi connectivity index (χ3n) is 2.80. The molecule has 0 spiro atoms. The van der Waals surface area contributed by atoms with Crippen LogP contribution in [0, 0.1) is 0 Å². The van der Waals surface area contributed by atoms with Crippen LogP contribution < -0.4 is 0 Å². The van der Waals surface area contributed by atoms with Crippen molar-refractivity contribution in [3.05, 3.63) is 17.0 Å². The molecule has 0 atom stereocenters. The average Bonchev–Trinajstić information content (AvgIpc) is 2.44. The van der Waals surface area contributed by atoms with Crippen LogP contribution in [0.5, 0.6) is 0 Å². The van der Waals surface area contributed by atoms with Crippen molar-refractivity contribution in [2.45, 2.75) is 32.1 Å². The Hall–Kier alpha value is -0.830. The summed E-state index contributed by atoms with van der Waals surface area (Å²) in [6.07, 6.45) is 5.56. The SMILES string of the molecule is Cn1nc2c(c1CCO)CCCC2. The predicted octanol–water partition coefficient (Wildman–Crippen LogP) is 0.834. The van der Waals surface area contributed by atoms with E-state index in [2.05, 4.69) is 5.10 Å². The van der Waals surface area contributed by atoms with Crippen LogP contribution in [0.1, 0.15) is 29.8 Å². The Morgan fingerprint density at radius 3 is 2.92 bits per heavy atom. The van der Waals surface area contributed by atoms with Crippen molar-refractivity contribution in [3.63, 3.8) is 0 Å². The van der Waals surface area contributed by atoms with Crippen LogP contribution >= 0.6 is 0 Å². The molecular weight excluding hydrogens is 164 g/mol. The maximum Gasteiger partial charge on any atom is 0.0659 e. The average molecular weight is 180 g/mol. The molecule has 0 saturated heterocycles. The number of aryl methyl sites for hydroxylation is 2. The maximum absolute atomic E-state index is 8.92. The molecule has 1 aromatic heterocycles. The van der Waals surface area contributed by atoms with E-state index in [-0.39, 0.29) is 6.61 Å². The first-order valence-corrected chi connectivity index (χ1v) is 4.97. The van der Waals surface area contributed by atoms with Gasteiger partial charge in [0.2, 0.25) is 0 Å². The summed E-state index contributed by atoms with van der Waals surface area (Å²) in [7, 11) is 1.98. The van der Waals surface area contributed by atoms with Gasteiger partial charge in [-0.1, -0.05) is 0 Å². The Morgan fingerprint density at radius 1 is 1.38 bits per heavy atom. The van der Waals surface area contributed by atoms with Gasteiger partial charge in [0.25, 0.3) is 0 Å². The molecule has 1 aliphatic rings. The van der Waals surface area contributed by atoms with Crippen LogP contribution in [0.2, 0.25) is 0 Å². The van der Waals surface area contributed by atoms with Gasteiger partial charge < -0.3 is 5.11 Å². The van der Waals surface area contributed by atoms with E-state index in [1.54, 1.807) is 0 Å². The van der Waals surface area contributed by atoms with E-state index in [0.29, 0.717) is 0 Å². The molecule has 72 valence electrons. The Morgan fingerprint density at radius 2 is 2.15 bits per heavy atom. The quantitative estimate of drug-likeness (QED) is 0.732. The van der Waals surface area contributed by atoms with E-state index in [4.69, 9.17) is 5.11 Å². The van der Waals surface area contributed by atoms with E-state index < -0.39 is 0 Å². The summed E-state index contributed by atoms with van der Waals surface area (Å²) in [5.41, 5.74) is 3.90. The first-order chi connectivity index (χ1) is 6.33. The molecule has 0 bridgehead atoms. The molecule has 1 aromatic rings. The van der Waals surface area contributed by atoms with Gasteiger partial charge in [-0.15, -0.1) is 0 Å². The highest BCUT2D eigenvalue weighted by atomic mass is 16.3. The van der Waals surface area contributed by atoms with Crippen molar-refractivity contribution in [2.24, 2.45) is 7.05 Å². The minimum absolute atomic E-state index is 0.228. The summed E-state index contributed by atoms with van der Waals surface area (Å²) < 4.78 is 1.94. The fourth-order valence-electron chi connectivity index (χ4n) is 2.17. The number of aromatic nitrogens is 2. The molecule has 3 heteroatoms. The second-order valence-electron chi connectivity index (χ2n) is 3.68. The third-order valence-corrected chi connectivity index (χ3v) is 2.80. The standard InChI is InChI=1S/C10H16N2O/c1-12-10(6-7-13)8-4-2-3-5-9(8)11-12/h13H,2-7H2,1H3. The minimum Gasteiger partial charge on any atom is -0.396 e. The van der Waals surface area contributed by atoms with Gasteiger partial charge in [-0.2, -0.15) is 5.10 Å². The molecule has 0 radical (unpaired) electrons. The lowest BCUT2D eigenvalue weighted by atomic mass is 9.95. The van der Waals surface area contributed by atoms with Gasteiger partial charge in [-0.3, -0.25) is 4.68 Å². The molecule has 1 heterocycles. The molecule has 0 saturated carbocycles. The fourth-order valence-corrected chi connectivity index (χ4v) is 2.17. The van der Waals surface area contributed by atoms with Gasteiger partial charge in [0.05, 0.1) is 5.69 Å². The van der Waals surface area contributed by atoms with Gasteiger partial charge in [-0.25, -0.2) is 0 Å². The van der Waals surface area contributed by atoms with E-state index in [9.17, 15) is 0 Å². The van der Waals surface area contributed by atoms with E-state index in [0.717, 1.165) is 19.3 Å². The topological polar surface area (TPSA) is 38.0 Å². The lowest BCUT2D eigenvalue weighted by Gasteiger charge is -2.10. The monoisotopic (exact) mass is 180 g/mol. The normalized spacial score (nSPS) is 15.8. The molecule has 1 aliphatic carbocycles. The third kappa shape index (κ3) is 1.48. The molecule has 1 N–H and O–H groups in total. The van der Waals surface area contributed by atoms with Crippen molar-refractivity contribution in [1.29, 1.82) is 0 Å². The van der Waals surface area contributed by atoms with Crippen molar-refractivity contribution in [2.75, 3.05) is 6.61 Å². The summed E-state index contributed by atoms with van der Waals surface area (Å²) in [4.78, 5) is 0. The molecule has 0 unspecified atom stereocenters. The smallest absolute Gasteiger partial charge is 0.0659 e. The van der Waals surface area contributed by atoms with Gasteiger partial charge in [-0.05, 0) is 31.2 Å². The number of rotatable bonds is 2.